The van der Waals surface area contributed by atoms with Crippen molar-refractivity contribution in [3.8, 4) is 0 Å². The van der Waals surface area contributed by atoms with E-state index >= 15 is 0 Å². The van der Waals surface area contributed by atoms with Crippen LogP contribution in [0.4, 0.5) is 0 Å². The molecule has 0 aliphatic rings. The monoisotopic (exact) mass is 642 g/mol. The Hall–Kier alpha value is -4.28. The zero-order valence-corrected chi connectivity index (χ0v) is 26.9. The van der Waals surface area contributed by atoms with E-state index in [9.17, 15) is 38.4 Å². The largest absolute Gasteiger partial charge is 0.480 e. The summed E-state index contributed by atoms with van der Waals surface area (Å²) in [6.45, 7) is 5.84. The minimum absolute atomic E-state index is 0.00255. The van der Waals surface area contributed by atoms with Crippen LogP contribution in [0, 0.1) is 0 Å². The summed E-state index contributed by atoms with van der Waals surface area (Å²) in [5.74, 6) is -3.85. The van der Waals surface area contributed by atoms with Gasteiger partial charge in [-0.15, -0.1) is 0 Å². The van der Waals surface area contributed by atoms with Crippen LogP contribution >= 0.6 is 0 Å². The second-order valence-electron chi connectivity index (χ2n) is 9.91. The molecule has 256 valence electrons. The van der Waals surface area contributed by atoms with E-state index in [-0.39, 0.29) is 121 Å². The Morgan fingerprint density at radius 2 is 0.756 bits per heavy atom. The van der Waals surface area contributed by atoms with Crippen molar-refractivity contribution in [2.45, 2.75) is 53.4 Å². The van der Waals surface area contributed by atoms with E-state index in [2.05, 4.69) is 16.0 Å². The molecule has 0 heterocycles. The molecule has 0 rings (SSSR count). The van der Waals surface area contributed by atoms with Gasteiger partial charge in [-0.25, -0.2) is 0 Å². The van der Waals surface area contributed by atoms with Gasteiger partial charge in [0.05, 0.1) is 19.6 Å². The first kappa shape index (κ1) is 40.7. The normalized spacial score (nSPS) is 10.3. The number of carbonyl (C=O) groups excluding carboxylic acids is 7. The Bertz CT molecular complexity index is 1020. The highest BCUT2D eigenvalue weighted by molar-refractivity contribution is 5.87. The molecule has 0 aromatic carbocycles. The fourth-order valence-corrected chi connectivity index (χ4v) is 4.06. The molecule has 0 aliphatic carbocycles. The maximum atomic E-state index is 12.6. The van der Waals surface area contributed by atoms with Crippen LogP contribution in [-0.2, 0) is 38.4 Å². The van der Waals surface area contributed by atoms with Crippen LogP contribution in [0.1, 0.15) is 53.4 Å². The van der Waals surface area contributed by atoms with Crippen molar-refractivity contribution >= 4 is 47.3 Å². The molecule has 0 spiro atoms. The highest BCUT2D eigenvalue weighted by Gasteiger charge is 2.20. The summed E-state index contributed by atoms with van der Waals surface area (Å²) in [6, 6.07) is 0. The molecule has 6 N–H and O–H groups in total. The summed E-state index contributed by atoms with van der Waals surface area (Å²) in [5, 5.41) is 16.8. The molecule has 17 heteroatoms. The lowest BCUT2D eigenvalue weighted by Crippen LogP contribution is -2.48. The summed E-state index contributed by atoms with van der Waals surface area (Å²) in [4.78, 5) is 102. The molecule has 0 bridgehead atoms. The van der Waals surface area contributed by atoms with Gasteiger partial charge in [0.1, 0.15) is 6.54 Å². The molecule has 7 amide bonds. The fraction of sp³-hybridized carbons (Fsp3) is 0.714. The van der Waals surface area contributed by atoms with Gasteiger partial charge < -0.3 is 46.4 Å². The lowest BCUT2D eigenvalue weighted by atomic mass is 10.3. The van der Waals surface area contributed by atoms with Gasteiger partial charge in [-0.2, -0.15) is 0 Å². The first-order valence-electron chi connectivity index (χ1n) is 15.2. The smallest absolute Gasteiger partial charge is 0.323 e. The molecule has 0 atom stereocenters. The van der Waals surface area contributed by atoms with Crippen LogP contribution in [0.25, 0.3) is 0 Å². The average Bonchev–Trinajstić information content (AvgIpc) is 3.01. The second-order valence-corrected chi connectivity index (χ2v) is 9.91. The Balaban J connectivity index is 4.87. The summed E-state index contributed by atoms with van der Waals surface area (Å²) in [7, 11) is 0. The first-order chi connectivity index (χ1) is 21.3. The highest BCUT2D eigenvalue weighted by atomic mass is 16.4. The van der Waals surface area contributed by atoms with E-state index in [1.165, 1.54) is 14.7 Å². The maximum Gasteiger partial charge on any atom is 0.323 e. The Labute approximate surface area is 264 Å². The SMILES string of the molecule is CCC(=O)N(CCNC(=O)CN(CCNC(=O)CN(CCNC(=O)CN(CCN)C(=O)CC)C(=O)CC)C(=O)CC)CC(=O)O. The molecule has 0 saturated heterocycles. The molecule has 17 nitrogen and oxygen atoms in total. The van der Waals surface area contributed by atoms with Crippen molar-refractivity contribution in [3.63, 3.8) is 0 Å². The number of nitrogens with zero attached hydrogens (tertiary/aromatic N) is 4. The number of hydrogen-bond donors (Lipinski definition) is 5. The van der Waals surface area contributed by atoms with E-state index < -0.39 is 30.2 Å². The Kier molecular flexibility index (Phi) is 20.9. The van der Waals surface area contributed by atoms with E-state index in [0.29, 0.717) is 0 Å². The van der Waals surface area contributed by atoms with E-state index in [4.69, 9.17) is 10.8 Å². The van der Waals surface area contributed by atoms with Crippen molar-refractivity contribution < 1.29 is 43.5 Å². The third-order valence-electron chi connectivity index (χ3n) is 6.46. The van der Waals surface area contributed by atoms with Crippen LogP contribution < -0.4 is 21.7 Å². The molecule has 0 unspecified atom stereocenters. The Morgan fingerprint density at radius 3 is 1.00 bits per heavy atom. The van der Waals surface area contributed by atoms with Crippen molar-refractivity contribution in [1.29, 1.82) is 0 Å². The van der Waals surface area contributed by atoms with Gasteiger partial charge in [0.25, 0.3) is 0 Å². The van der Waals surface area contributed by atoms with Crippen LogP contribution in [0.5, 0.6) is 0 Å². The molecule has 0 aromatic rings. The second kappa shape index (κ2) is 23.1. The topological polar surface area (TPSA) is 232 Å². The number of nitrogens with one attached hydrogen (secondary N) is 3. The third-order valence-corrected chi connectivity index (χ3v) is 6.46. The maximum absolute atomic E-state index is 12.6. The van der Waals surface area contributed by atoms with Crippen molar-refractivity contribution in [2.24, 2.45) is 5.73 Å². The number of hydrogen-bond acceptors (Lipinski definition) is 9. The van der Waals surface area contributed by atoms with Gasteiger partial charge in [0.15, 0.2) is 0 Å². The minimum Gasteiger partial charge on any atom is -0.480 e. The molecule has 0 aliphatic heterocycles. The summed E-state index contributed by atoms with van der Waals surface area (Å²) in [5.41, 5.74) is 5.51. The van der Waals surface area contributed by atoms with Gasteiger partial charge in [-0.1, -0.05) is 27.7 Å². The quantitative estimate of drug-likeness (QED) is 0.0776. The molecule has 45 heavy (non-hydrogen) atoms. The molecular formula is C28H50N8O9. The zero-order valence-electron chi connectivity index (χ0n) is 26.9. The standard InChI is InChI=1S/C28H50N8O9/c1-5-24(40)33(13-9-29)17-21(37)30-10-14-34(25(41)6-2)18-22(38)31-11-15-35(26(42)7-3)19-23(39)32-12-16-36(20-28(44)45)27(43)8-4/h5-20,29H2,1-4H3,(H,30,37)(H,31,38)(H,32,39)(H,44,45). The summed E-state index contributed by atoms with van der Waals surface area (Å²) >= 11 is 0. The lowest BCUT2D eigenvalue weighted by molar-refractivity contribution is -0.144. The molecule has 0 saturated carbocycles. The number of carbonyl (C=O) groups is 8. The highest BCUT2D eigenvalue weighted by Crippen LogP contribution is 1.98. The number of rotatable bonds is 23. The van der Waals surface area contributed by atoms with Crippen LogP contribution in [0.2, 0.25) is 0 Å². The first-order valence-corrected chi connectivity index (χ1v) is 15.2. The van der Waals surface area contributed by atoms with Crippen molar-refractivity contribution in [3.05, 3.63) is 0 Å². The predicted octanol–water partition coefficient (Wildman–Crippen LogP) is -2.67. The summed E-state index contributed by atoms with van der Waals surface area (Å²) < 4.78 is 0. The van der Waals surface area contributed by atoms with Gasteiger partial charge in [0.2, 0.25) is 41.4 Å². The van der Waals surface area contributed by atoms with Gasteiger partial charge in [0, 0.05) is 78.0 Å². The molecule has 0 aromatic heterocycles. The number of nitrogens with two attached hydrogens (primary N) is 1. The van der Waals surface area contributed by atoms with E-state index in [1.807, 2.05) is 0 Å². The van der Waals surface area contributed by atoms with E-state index in [0.717, 1.165) is 4.90 Å². The van der Waals surface area contributed by atoms with Crippen LogP contribution in [-0.4, -0.2) is 151 Å². The zero-order chi connectivity index (χ0) is 34.4. The van der Waals surface area contributed by atoms with Crippen LogP contribution in [0.3, 0.4) is 0 Å². The number of aliphatic carboxylic acids is 1. The van der Waals surface area contributed by atoms with Gasteiger partial charge >= 0.3 is 5.97 Å². The van der Waals surface area contributed by atoms with Crippen molar-refractivity contribution in [1.82, 2.24) is 35.6 Å². The van der Waals surface area contributed by atoms with Crippen molar-refractivity contribution in [2.75, 3.05) is 78.5 Å². The molecular weight excluding hydrogens is 592 g/mol. The average molecular weight is 643 g/mol. The Morgan fingerprint density at radius 1 is 0.489 bits per heavy atom. The van der Waals surface area contributed by atoms with Gasteiger partial charge in [-0.05, 0) is 0 Å². The predicted molar refractivity (Wildman–Crippen MR) is 163 cm³/mol. The number of carboxylic acids is 1. The number of amides is 7. The third kappa shape index (κ3) is 17.6. The fourth-order valence-electron chi connectivity index (χ4n) is 4.06. The van der Waals surface area contributed by atoms with Gasteiger partial charge in [-0.3, -0.25) is 38.4 Å². The molecule has 0 radical (unpaired) electrons. The summed E-state index contributed by atoms with van der Waals surface area (Å²) in [6.07, 6.45) is 0.588. The van der Waals surface area contributed by atoms with E-state index in [1.54, 1.807) is 27.7 Å². The minimum atomic E-state index is -1.18. The number of carboxylic acid groups (broad SMARTS) is 1. The molecule has 0 fully saturated rings. The lowest BCUT2D eigenvalue weighted by Gasteiger charge is -2.25. The van der Waals surface area contributed by atoms with Crippen LogP contribution in [0.15, 0.2) is 0 Å².